The van der Waals surface area contributed by atoms with Crippen LogP contribution in [0.4, 0.5) is 0 Å². The molecule has 1 amide bonds. The van der Waals surface area contributed by atoms with Gasteiger partial charge in [0, 0.05) is 55.2 Å². The topological polar surface area (TPSA) is 57.9 Å². The van der Waals surface area contributed by atoms with Crippen LogP contribution in [0.2, 0.25) is 0 Å². The number of piperazine rings is 1. The molecule has 6 nitrogen and oxygen atoms in total. The smallest absolute Gasteiger partial charge is 0.264 e. The summed E-state index contributed by atoms with van der Waals surface area (Å²) in [6.07, 6.45) is 5.21. The minimum atomic E-state index is -0.0314. The van der Waals surface area contributed by atoms with Crippen molar-refractivity contribution in [3.63, 3.8) is 0 Å². The Hall–Kier alpha value is -2.03. The maximum Gasteiger partial charge on any atom is 0.264 e. The van der Waals surface area contributed by atoms with E-state index in [1.165, 1.54) is 28.2 Å². The Kier molecular flexibility index (Phi) is 5.01. The lowest BCUT2D eigenvalue weighted by Gasteiger charge is -2.34. The van der Waals surface area contributed by atoms with Crippen LogP contribution in [0, 0.1) is 5.92 Å². The fourth-order valence-electron chi connectivity index (χ4n) is 4.27. The number of amides is 1. The summed E-state index contributed by atoms with van der Waals surface area (Å²) in [4.78, 5) is 37.0. The second kappa shape index (κ2) is 7.66. The summed E-state index contributed by atoms with van der Waals surface area (Å²) >= 11 is 3.17. The highest BCUT2D eigenvalue weighted by atomic mass is 32.1. The molecule has 2 aliphatic rings. The zero-order valence-electron chi connectivity index (χ0n) is 16.5. The molecule has 3 aromatic rings. The third kappa shape index (κ3) is 3.76. The number of nitrogens with zero attached hydrogens (tertiary/aromatic N) is 4. The number of hydrogen-bond acceptors (Lipinski definition) is 6. The van der Waals surface area contributed by atoms with Crippen molar-refractivity contribution in [1.29, 1.82) is 0 Å². The van der Waals surface area contributed by atoms with Crippen LogP contribution in [0.5, 0.6) is 0 Å². The lowest BCUT2D eigenvalue weighted by atomic mass is 9.90. The molecule has 3 aromatic heterocycles. The Morgan fingerprint density at radius 2 is 2.07 bits per heavy atom. The molecule has 1 unspecified atom stereocenters. The van der Waals surface area contributed by atoms with Gasteiger partial charge in [-0.1, -0.05) is 6.92 Å². The third-order valence-corrected chi connectivity index (χ3v) is 7.92. The Bertz CT molecular complexity index is 1110. The summed E-state index contributed by atoms with van der Waals surface area (Å²) in [7, 11) is 0. The number of thiazole rings is 1. The monoisotopic (exact) mass is 428 g/mol. The first-order valence-electron chi connectivity index (χ1n) is 10.2. The Morgan fingerprint density at radius 1 is 1.24 bits per heavy atom. The van der Waals surface area contributed by atoms with E-state index in [0.717, 1.165) is 60.5 Å². The van der Waals surface area contributed by atoms with Gasteiger partial charge in [0.05, 0.1) is 10.6 Å². The minimum Gasteiger partial charge on any atom is -0.335 e. The van der Waals surface area contributed by atoms with Gasteiger partial charge in [0.15, 0.2) is 4.96 Å². The summed E-state index contributed by atoms with van der Waals surface area (Å²) < 4.78 is 1.58. The van der Waals surface area contributed by atoms with Crippen molar-refractivity contribution in [2.45, 2.75) is 32.7 Å². The molecule has 1 aliphatic heterocycles. The summed E-state index contributed by atoms with van der Waals surface area (Å²) in [6, 6.07) is 3.76. The number of carbonyl (C=O) groups excluding carboxylic acids is 1. The van der Waals surface area contributed by atoms with E-state index in [2.05, 4.69) is 22.9 Å². The third-order valence-electron chi connectivity index (χ3n) is 5.94. The van der Waals surface area contributed by atoms with Crippen LogP contribution >= 0.6 is 22.7 Å². The van der Waals surface area contributed by atoms with Crippen LogP contribution in [0.15, 0.2) is 28.5 Å². The molecule has 8 heteroatoms. The Balaban J connectivity index is 1.22. The number of fused-ring (bicyclic) bond motifs is 2. The molecule has 0 N–H and O–H groups in total. The molecule has 0 radical (unpaired) electrons. The van der Waals surface area contributed by atoms with Crippen molar-refractivity contribution >= 4 is 33.5 Å². The van der Waals surface area contributed by atoms with Crippen molar-refractivity contribution in [2.75, 3.05) is 26.2 Å². The fraction of sp³-hybridized carbons (Fsp3) is 0.476. The SMILES string of the molecule is CC1CCc2sc(C(=O)N3CCN(Cc4cc(=O)n5ccsc5n4)CC3)cc2C1. The molecular weight excluding hydrogens is 404 g/mol. The van der Waals surface area contributed by atoms with Gasteiger partial charge in [0.2, 0.25) is 0 Å². The van der Waals surface area contributed by atoms with Crippen LogP contribution in [0.1, 0.15) is 39.2 Å². The van der Waals surface area contributed by atoms with Crippen molar-refractivity contribution in [2.24, 2.45) is 5.92 Å². The molecule has 5 rings (SSSR count). The van der Waals surface area contributed by atoms with E-state index in [-0.39, 0.29) is 11.5 Å². The highest BCUT2D eigenvalue weighted by Crippen LogP contribution is 2.32. The van der Waals surface area contributed by atoms with Gasteiger partial charge in [-0.25, -0.2) is 4.98 Å². The van der Waals surface area contributed by atoms with E-state index in [1.807, 2.05) is 10.3 Å². The molecule has 1 fully saturated rings. The average Bonchev–Trinajstić information content (AvgIpc) is 3.34. The van der Waals surface area contributed by atoms with E-state index in [4.69, 9.17) is 0 Å². The molecule has 1 aliphatic carbocycles. The molecule has 4 heterocycles. The zero-order chi connectivity index (χ0) is 20.0. The van der Waals surface area contributed by atoms with Gasteiger partial charge in [0.1, 0.15) is 0 Å². The molecule has 0 saturated carbocycles. The van der Waals surface area contributed by atoms with Crippen LogP contribution < -0.4 is 5.56 Å². The van der Waals surface area contributed by atoms with Crippen molar-refractivity contribution < 1.29 is 4.79 Å². The number of carbonyl (C=O) groups is 1. The van der Waals surface area contributed by atoms with E-state index in [9.17, 15) is 9.59 Å². The number of aryl methyl sites for hydroxylation is 1. The lowest BCUT2D eigenvalue weighted by molar-refractivity contribution is 0.0632. The van der Waals surface area contributed by atoms with Gasteiger partial charge in [-0.05, 0) is 36.8 Å². The van der Waals surface area contributed by atoms with E-state index >= 15 is 0 Å². The molecule has 0 bridgehead atoms. The predicted molar refractivity (Wildman–Crippen MR) is 116 cm³/mol. The number of rotatable bonds is 3. The molecule has 1 saturated heterocycles. The maximum atomic E-state index is 13.0. The standard InChI is InChI=1S/C21H24N4O2S2/c1-14-2-3-17-15(10-14)11-18(29-17)20(27)24-6-4-23(5-7-24)13-16-12-19(26)25-8-9-28-21(25)22-16/h8-9,11-12,14H,2-7,10,13H2,1H3. The van der Waals surface area contributed by atoms with Gasteiger partial charge in [-0.2, -0.15) is 0 Å². The van der Waals surface area contributed by atoms with Gasteiger partial charge in [0.25, 0.3) is 11.5 Å². The second-order valence-corrected chi connectivity index (χ2v) is 10.1. The highest BCUT2D eigenvalue weighted by molar-refractivity contribution is 7.15. The number of aromatic nitrogens is 2. The molecule has 0 aromatic carbocycles. The Labute approximate surface area is 177 Å². The first-order chi connectivity index (χ1) is 14.1. The van der Waals surface area contributed by atoms with Crippen LogP contribution in [0.25, 0.3) is 4.96 Å². The highest BCUT2D eigenvalue weighted by Gasteiger charge is 2.26. The molecular formula is C21H24N4O2S2. The number of hydrogen-bond donors (Lipinski definition) is 0. The molecule has 29 heavy (non-hydrogen) atoms. The van der Waals surface area contributed by atoms with Crippen molar-refractivity contribution in [1.82, 2.24) is 19.2 Å². The lowest BCUT2D eigenvalue weighted by Crippen LogP contribution is -2.48. The van der Waals surface area contributed by atoms with E-state index < -0.39 is 0 Å². The van der Waals surface area contributed by atoms with Crippen LogP contribution in [0.3, 0.4) is 0 Å². The second-order valence-electron chi connectivity index (χ2n) is 8.12. The average molecular weight is 429 g/mol. The zero-order valence-corrected chi connectivity index (χ0v) is 18.1. The number of thiophene rings is 1. The largest absolute Gasteiger partial charge is 0.335 e. The van der Waals surface area contributed by atoms with Gasteiger partial charge >= 0.3 is 0 Å². The fourth-order valence-corrected chi connectivity index (χ4v) is 6.19. The van der Waals surface area contributed by atoms with Crippen molar-refractivity contribution in [3.05, 3.63) is 55.1 Å². The minimum absolute atomic E-state index is 0.0314. The maximum absolute atomic E-state index is 13.0. The molecule has 152 valence electrons. The summed E-state index contributed by atoms with van der Waals surface area (Å²) in [5.74, 6) is 0.895. The van der Waals surface area contributed by atoms with Crippen molar-refractivity contribution in [3.8, 4) is 0 Å². The first-order valence-corrected chi connectivity index (χ1v) is 11.9. The summed E-state index contributed by atoms with van der Waals surface area (Å²) in [6.45, 7) is 5.99. The molecule has 0 spiro atoms. The summed E-state index contributed by atoms with van der Waals surface area (Å²) in [5.41, 5.74) is 2.16. The van der Waals surface area contributed by atoms with Gasteiger partial charge in [-0.15, -0.1) is 22.7 Å². The van der Waals surface area contributed by atoms with Gasteiger partial charge in [-0.3, -0.25) is 18.9 Å². The van der Waals surface area contributed by atoms with Crippen LogP contribution in [-0.4, -0.2) is 51.3 Å². The van der Waals surface area contributed by atoms with E-state index in [0.29, 0.717) is 6.54 Å². The van der Waals surface area contributed by atoms with Gasteiger partial charge < -0.3 is 4.90 Å². The van der Waals surface area contributed by atoms with Crippen LogP contribution in [-0.2, 0) is 19.4 Å². The molecule has 1 atom stereocenters. The first kappa shape index (κ1) is 19.0. The predicted octanol–water partition coefficient (Wildman–Crippen LogP) is 2.90. The normalized spacial score (nSPS) is 20.2. The van der Waals surface area contributed by atoms with E-state index in [1.54, 1.807) is 28.0 Å². The Morgan fingerprint density at radius 3 is 2.90 bits per heavy atom. The quantitative estimate of drug-likeness (QED) is 0.644. The summed E-state index contributed by atoms with van der Waals surface area (Å²) in [5, 5.41) is 1.88.